The molecule has 196 valence electrons. The van der Waals surface area contributed by atoms with Crippen LogP contribution < -0.4 is 0 Å². The largest absolute Gasteiger partial charge is 0.0585 e. The van der Waals surface area contributed by atoms with Gasteiger partial charge in [-0.05, 0) is 78.4 Å². The molecular weight excluding hydrogens is 420 g/mol. The molecule has 0 bridgehead atoms. The van der Waals surface area contributed by atoms with Crippen molar-refractivity contribution in [2.75, 3.05) is 0 Å². The zero-order valence-electron chi connectivity index (χ0n) is 26.2. The Balaban J connectivity index is 2.84. The van der Waals surface area contributed by atoms with Gasteiger partial charge >= 0.3 is 0 Å². The maximum absolute atomic E-state index is 2.59. The van der Waals surface area contributed by atoms with Crippen LogP contribution in [0.1, 0.15) is 156 Å². The Hall–Kier alpha value is -1.56. The SMILES string of the molecule is CC(Cc1cc(C(C)(C)C)c(C(C)(C)C)c(C(C)(C)C)c1C(C)(C)C)c1ccc(C(C)(C)C)cc1. The summed E-state index contributed by atoms with van der Waals surface area (Å²) < 4.78 is 0. The molecule has 0 fully saturated rings. The topological polar surface area (TPSA) is 0 Å². The van der Waals surface area contributed by atoms with Gasteiger partial charge in [0, 0.05) is 0 Å². The van der Waals surface area contributed by atoms with Gasteiger partial charge in [0.1, 0.15) is 0 Å². The highest BCUT2D eigenvalue weighted by Crippen LogP contribution is 2.47. The van der Waals surface area contributed by atoms with Crippen LogP contribution in [0.15, 0.2) is 30.3 Å². The minimum atomic E-state index is 0.0683. The Labute approximate surface area is 219 Å². The van der Waals surface area contributed by atoms with Gasteiger partial charge in [0.05, 0.1) is 0 Å². The first-order valence-corrected chi connectivity index (χ1v) is 13.8. The smallest absolute Gasteiger partial charge is 0.0126 e. The van der Waals surface area contributed by atoms with Crippen molar-refractivity contribution < 1.29 is 0 Å². The Bertz CT molecular complexity index is 1010. The lowest BCUT2D eigenvalue weighted by atomic mass is 9.62. The average molecular weight is 477 g/mol. The summed E-state index contributed by atoms with van der Waals surface area (Å²) >= 11 is 0. The lowest BCUT2D eigenvalue weighted by Gasteiger charge is -2.42. The molecule has 0 aliphatic rings. The van der Waals surface area contributed by atoms with E-state index >= 15 is 0 Å². The second-order valence-corrected chi connectivity index (χ2v) is 16.2. The Morgan fingerprint density at radius 2 is 0.943 bits per heavy atom. The fraction of sp³-hybridized carbons (Fsp3) is 0.657. The Morgan fingerprint density at radius 1 is 0.514 bits per heavy atom. The van der Waals surface area contributed by atoms with Crippen molar-refractivity contribution >= 4 is 0 Å². The van der Waals surface area contributed by atoms with E-state index in [1.807, 2.05) is 0 Å². The van der Waals surface area contributed by atoms with Crippen molar-refractivity contribution in [3.8, 4) is 0 Å². The van der Waals surface area contributed by atoms with Gasteiger partial charge in [-0.15, -0.1) is 0 Å². The first-order chi connectivity index (χ1) is 15.5. The summed E-state index contributed by atoms with van der Waals surface area (Å²) in [6, 6.07) is 12.0. The van der Waals surface area contributed by atoms with Gasteiger partial charge in [-0.3, -0.25) is 0 Å². The number of rotatable bonds is 3. The van der Waals surface area contributed by atoms with Crippen LogP contribution in [0.25, 0.3) is 0 Å². The van der Waals surface area contributed by atoms with Crippen LogP contribution in [0.4, 0.5) is 0 Å². The van der Waals surface area contributed by atoms with Crippen LogP contribution >= 0.6 is 0 Å². The first kappa shape index (κ1) is 29.7. The third kappa shape index (κ3) is 6.81. The first-order valence-electron chi connectivity index (χ1n) is 13.8. The molecule has 1 atom stereocenters. The molecule has 0 aliphatic heterocycles. The van der Waals surface area contributed by atoms with Crippen LogP contribution in [0, 0.1) is 0 Å². The fourth-order valence-electron chi connectivity index (χ4n) is 5.64. The normalized spacial score (nSPS) is 14.9. The van der Waals surface area contributed by atoms with E-state index in [2.05, 4.69) is 141 Å². The van der Waals surface area contributed by atoms with E-state index in [1.54, 1.807) is 16.7 Å². The molecule has 2 aromatic rings. The molecule has 35 heavy (non-hydrogen) atoms. The minimum Gasteiger partial charge on any atom is -0.0585 e. The van der Waals surface area contributed by atoms with Crippen LogP contribution in [0.3, 0.4) is 0 Å². The van der Waals surface area contributed by atoms with Crippen LogP contribution in [-0.2, 0) is 33.5 Å². The predicted octanol–water partition coefficient (Wildman–Crippen LogP) is 10.5. The molecule has 0 radical (unpaired) electrons. The van der Waals surface area contributed by atoms with E-state index in [0.29, 0.717) is 5.92 Å². The molecule has 0 N–H and O–H groups in total. The van der Waals surface area contributed by atoms with Crippen LogP contribution in [0.2, 0.25) is 0 Å². The second-order valence-electron chi connectivity index (χ2n) is 16.2. The van der Waals surface area contributed by atoms with E-state index in [-0.39, 0.29) is 27.1 Å². The van der Waals surface area contributed by atoms with Crippen molar-refractivity contribution in [1.29, 1.82) is 0 Å². The maximum Gasteiger partial charge on any atom is -0.0126 e. The van der Waals surface area contributed by atoms with Gasteiger partial charge in [0.25, 0.3) is 0 Å². The van der Waals surface area contributed by atoms with Crippen LogP contribution in [0.5, 0.6) is 0 Å². The molecule has 0 saturated carbocycles. The van der Waals surface area contributed by atoms with E-state index < -0.39 is 0 Å². The molecule has 0 aliphatic carbocycles. The number of benzene rings is 2. The third-order valence-electron chi connectivity index (χ3n) is 7.34. The molecule has 0 saturated heterocycles. The minimum absolute atomic E-state index is 0.0683. The second kappa shape index (κ2) is 9.39. The van der Waals surface area contributed by atoms with Gasteiger partial charge in [-0.25, -0.2) is 0 Å². The molecule has 0 nitrogen and oxygen atoms in total. The molecule has 2 rings (SSSR count). The fourth-order valence-corrected chi connectivity index (χ4v) is 5.64. The van der Waals surface area contributed by atoms with Gasteiger partial charge < -0.3 is 0 Å². The van der Waals surface area contributed by atoms with Gasteiger partial charge in [0.15, 0.2) is 0 Å². The van der Waals surface area contributed by atoms with Crippen molar-refractivity contribution in [3.63, 3.8) is 0 Å². The lowest BCUT2D eigenvalue weighted by Crippen LogP contribution is -2.33. The Kier molecular flexibility index (Phi) is 7.96. The quantitative estimate of drug-likeness (QED) is 0.413. The summed E-state index contributed by atoms with van der Waals surface area (Å²) in [6.45, 7) is 38.1. The van der Waals surface area contributed by atoms with Gasteiger partial charge in [-0.2, -0.15) is 0 Å². The number of hydrogen-bond donors (Lipinski definition) is 0. The van der Waals surface area contributed by atoms with Crippen molar-refractivity contribution in [2.24, 2.45) is 0 Å². The zero-order chi connectivity index (χ0) is 27.4. The predicted molar refractivity (Wildman–Crippen MR) is 159 cm³/mol. The molecule has 0 heteroatoms. The zero-order valence-corrected chi connectivity index (χ0v) is 26.2. The van der Waals surface area contributed by atoms with E-state index in [0.717, 1.165) is 6.42 Å². The molecular formula is C35H56. The molecule has 1 unspecified atom stereocenters. The summed E-state index contributed by atoms with van der Waals surface area (Å²) in [5.41, 5.74) is 11.1. The van der Waals surface area contributed by atoms with Crippen molar-refractivity contribution in [1.82, 2.24) is 0 Å². The Morgan fingerprint density at radius 3 is 1.29 bits per heavy atom. The monoisotopic (exact) mass is 476 g/mol. The summed E-state index contributed by atoms with van der Waals surface area (Å²) in [6.07, 6.45) is 1.07. The highest BCUT2D eigenvalue weighted by molar-refractivity contribution is 5.57. The lowest BCUT2D eigenvalue weighted by molar-refractivity contribution is 0.472. The third-order valence-corrected chi connectivity index (χ3v) is 7.34. The standard InChI is InChI=1S/C35H56/c1-23(24-17-19-26(20-18-24)31(2,3)4)21-25-22-27(32(5,6)7)29(34(11,12)13)30(35(14,15)16)28(25)33(8,9)10/h17-20,22-23H,21H2,1-16H3. The molecule has 0 spiro atoms. The van der Waals surface area contributed by atoms with E-state index in [4.69, 9.17) is 0 Å². The van der Waals surface area contributed by atoms with Crippen LogP contribution in [-0.4, -0.2) is 0 Å². The highest BCUT2D eigenvalue weighted by atomic mass is 14.4. The van der Waals surface area contributed by atoms with E-state index in [9.17, 15) is 0 Å². The molecule has 2 aromatic carbocycles. The summed E-state index contributed by atoms with van der Waals surface area (Å²) in [7, 11) is 0. The highest BCUT2D eigenvalue weighted by Gasteiger charge is 2.38. The van der Waals surface area contributed by atoms with Gasteiger partial charge in [-0.1, -0.05) is 141 Å². The average Bonchev–Trinajstić information content (AvgIpc) is 2.63. The van der Waals surface area contributed by atoms with Crippen molar-refractivity contribution in [2.45, 2.75) is 150 Å². The molecule has 0 aromatic heterocycles. The maximum atomic E-state index is 2.59. The number of hydrogen-bond acceptors (Lipinski definition) is 0. The van der Waals surface area contributed by atoms with E-state index in [1.165, 1.54) is 22.3 Å². The molecule has 0 heterocycles. The summed E-state index contributed by atoms with van der Waals surface area (Å²) in [5.74, 6) is 0.464. The summed E-state index contributed by atoms with van der Waals surface area (Å²) in [4.78, 5) is 0. The summed E-state index contributed by atoms with van der Waals surface area (Å²) in [5, 5.41) is 0. The molecule has 0 amide bonds. The van der Waals surface area contributed by atoms with Crippen molar-refractivity contribution in [3.05, 3.63) is 69.3 Å². The van der Waals surface area contributed by atoms with Gasteiger partial charge in [0.2, 0.25) is 0 Å².